The fourth-order valence-corrected chi connectivity index (χ4v) is 4.65. The first-order valence-corrected chi connectivity index (χ1v) is 8.39. The van der Waals surface area contributed by atoms with E-state index in [2.05, 4.69) is 36.5 Å². The summed E-state index contributed by atoms with van der Waals surface area (Å²) in [6.07, 6.45) is 16.0. The molecular formula is C16H16ClZr. The minimum Gasteiger partial charge on any atom is -1.00 e. The van der Waals surface area contributed by atoms with Gasteiger partial charge in [0.2, 0.25) is 0 Å². The quantitative estimate of drug-likeness (QED) is 0.768. The summed E-state index contributed by atoms with van der Waals surface area (Å²) in [5.41, 5.74) is 0. The summed E-state index contributed by atoms with van der Waals surface area (Å²) in [5, 5.41) is 0. The number of allylic oxidation sites excluding steroid dienone is 8. The second kappa shape index (κ2) is 9.31. The summed E-state index contributed by atoms with van der Waals surface area (Å²) in [7, 11) is 0. The van der Waals surface area contributed by atoms with E-state index in [4.69, 9.17) is 0 Å². The molecule has 91 valence electrons. The van der Waals surface area contributed by atoms with Crippen molar-refractivity contribution in [2.24, 2.45) is 0 Å². The van der Waals surface area contributed by atoms with Gasteiger partial charge in [-0.15, -0.1) is 0 Å². The van der Waals surface area contributed by atoms with Crippen molar-refractivity contribution in [2.75, 3.05) is 0 Å². The topological polar surface area (TPSA) is 0 Å². The van der Waals surface area contributed by atoms with E-state index in [1.807, 2.05) is 36.4 Å². The van der Waals surface area contributed by atoms with Gasteiger partial charge in [0.1, 0.15) is 0 Å². The average Bonchev–Trinajstić information content (AvgIpc) is 3.06. The summed E-state index contributed by atoms with van der Waals surface area (Å²) in [6, 6.07) is 12.0. The van der Waals surface area contributed by atoms with Crippen LogP contribution in [-0.4, -0.2) is 0 Å². The van der Waals surface area contributed by atoms with E-state index in [1.54, 1.807) is 6.56 Å². The van der Waals surface area contributed by atoms with Crippen LogP contribution >= 0.6 is 0 Å². The maximum absolute atomic E-state index is 2.31. The minimum atomic E-state index is -0.312. The van der Waals surface area contributed by atoms with Crippen LogP contribution in [0.1, 0.15) is 12.8 Å². The molecule has 0 heterocycles. The second-order valence-electron chi connectivity index (χ2n) is 3.93. The van der Waals surface area contributed by atoms with Crippen LogP contribution in [0.4, 0.5) is 0 Å². The molecule has 1 aromatic carbocycles. The van der Waals surface area contributed by atoms with Crippen molar-refractivity contribution in [2.45, 2.75) is 12.8 Å². The Morgan fingerprint density at radius 1 is 0.667 bits per heavy atom. The van der Waals surface area contributed by atoms with Gasteiger partial charge in [-0.25, -0.2) is 0 Å². The zero-order valence-electron chi connectivity index (χ0n) is 10.2. The normalized spacial score (nSPS) is 14.9. The van der Waals surface area contributed by atoms with Crippen molar-refractivity contribution in [3.05, 3.63) is 79.4 Å². The van der Waals surface area contributed by atoms with Crippen LogP contribution in [-0.2, 0) is 23.2 Å². The molecule has 0 aromatic heterocycles. The zero-order valence-corrected chi connectivity index (χ0v) is 13.4. The van der Waals surface area contributed by atoms with E-state index < -0.39 is 0 Å². The molecule has 0 aliphatic heterocycles. The van der Waals surface area contributed by atoms with Gasteiger partial charge >= 0.3 is 79.1 Å². The monoisotopic (exact) mass is 333 g/mol. The number of rotatable bonds is 2. The summed E-state index contributed by atoms with van der Waals surface area (Å²) >= 11 is -0.312. The van der Waals surface area contributed by atoms with Gasteiger partial charge in [0.15, 0.2) is 0 Å². The molecule has 18 heavy (non-hydrogen) atoms. The van der Waals surface area contributed by atoms with Gasteiger partial charge < -0.3 is 12.4 Å². The number of halogens is 1. The molecule has 0 saturated heterocycles. The van der Waals surface area contributed by atoms with E-state index in [0.29, 0.717) is 0 Å². The van der Waals surface area contributed by atoms with Crippen LogP contribution in [0.25, 0.3) is 0 Å². The van der Waals surface area contributed by atoms with Gasteiger partial charge in [-0.05, 0) is 0 Å². The standard InChI is InChI=1S/C6H6.2C5H5.ClH.Zr/c1-2-4-6-5-3-1;2*1-2-4-5-3-1;;/h1-6H;2*1-3H,4H2;1H;/q;;;;+1/p-1. The molecule has 1 aromatic rings. The van der Waals surface area contributed by atoms with Gasteiger partial charge in [0, 0.05) is 0 Å². The van der Waals surface area contributed by atoms with Crippen LogP contribution < -0.4 is 12.4 Å². The van der Waals surface area contributed by atoms with Crippen LogP contribution in [0.3, 0.4) is 0 Å². The summed E-state index contributed by atoms with van der Waals surface area (Å²) < 4.78 is 3.45. The third-order valence-corrected chi connectivity index (χ3v) is 5.93. The van der Waals surface area contributed by atoms with Gasteiger partial charge in [-0.1, -0.05) is 36.4 Å². The molecule has 0 N–H and O–H groups in total. The molecule has 2 aliphatic carbocycles. The van der Waals surface area contributed by atoms with Crippen molar-refractivity contribution in [3.8, 4) is 0 Å². The third kappa shape index (κ3) is 5.80. The Bertz CT molecular complexity index is 401. The van der Waals surface area contributed by atoms with Gasteiger partial charge in [0.05, 0.1) is 0 Å². The summed E-state index contributed by atoms with van der Waals surface area (Å²) in [5.74, 6) is 0. The smallest absolute Gasteiger partial charge is 0.0623 e. The molecule has 0 saturated carbocycles. The fraction of sp³-hybridized carbons (Fsp3) is 0.125. The summed E-state index contributed by atoms with van der Waals surface area (Å²) in [4.78, 5) is 0. The predicted molar refractivity (Wildman–Crippen MR) is 70.1 cm³/mol. The minimum absolute atomic E-state index is 0. The van der Waals surface area contributed by atoms with Crippen molar-refractivity contribution < 1.29 is 35.6 Å². The second-order valence-corrected chi connectivity index (χ2v) is 7.70. The number of benzene rings is 1. The third-order valence-electron chi connectivity index (χ3n) is 2.53. The van der Waals surface area contributed by atoms with E-state index in [9.17, 15) is 0 Å². The molecule has 0 fully saturated rings. The van der Waals surface area contributed by atoms with Crippen molar-refractivity contribution in [3.63, 3.8) is 0 Å². The Balaban J connectivity index is 0.000000199. The maximum atomic E-state index is 2.31. The molecule has 0 unspecified atom stereocenters. The molecule has 0 atom stereocenters. The van der Waals surface area contributed by atoms with E-state index in [-0.39, 0.29) is 35.6 Å². The van der Waals surface area contributed by atoms with Crippen LogP contribution in [0.2, 0.25) is 0 Å². The van der Waals surface area contributed by atoms with Crippen molar-refractivity contribution in [1.29, 1.82) is 0 Å². The molecular weight excluding hydrogens is 319 g/mol. The van der Waals surface area contributed by atoms with Gasteiger partial charge in [-0.2, -0.15) is 0 Å². The van der Waals surface area contributed by atoms with Gasteiger partial charge in [-0.3, -0.25) is 0 Å². The van der Waals surface area contributed by atoms with Crippen molar-refractivity contribution in [1.82, 2.24) is 0 Å². The van der Waals surface area contributed by atoms with E-state index in [0.717, 1.165) is 0 Å². The Kier molecular flexibility index (Phi) is 7.97. The SMILES string of the molecule is C1=CC[C]([Zr+][C]2=CC=CC2)=C1.[Cl-].c1ccccc1. The first kappa shape index (κ1) is 15.4. The Morgan fingerprint density at radius 3 is 1.33 bits per heavy atom. The van der Waals surface area contributed by atoms with E-state index in [1.165, 1.54) is 12.8 Å². The summed E-state index contributed by atoms with van der Waals surface area (Å²) in [6.45, 7) is 0. The average molecular weight is 335 g/mol. The first-order valence-electron chi connectivity index (χ1n) is 5.93. The number of hydrogen-bond donors (Lipinski definition) is 0. The largest absolute Gasteiger partial charge is 1.00 e. The van der Waals surface area contributed by atoms with Crippen LogP contribution in [0.5, 0.6) is 0 Å². The van der Waals surface area contributed by atoms with Crippen LogP contribution in [0, 0.1) is 0 Å². The molecule has 2 heteroatoms. The molecule has 0 amide bonds. The van der Waals surface area contributed by atoms with Crippen molar-refractivity contribution >= 4 is 0 Å². The maximum Gasteiger partial charge on any atom is -0.0623 e. The Labute approximate surface area is 127 Å². The molecule has 0 spiro atoms. The predicted octanol–water partition coefficient (Wildman–Crippen LogP) is 1.45. The molecule has 0 bridgehead atoms. The first-order chi connectivity index (χ1) is 8.45. The Morgan fingerprint density at radius 2 is 1.06 bits per heavy atom. The Hall–Kier alpha value is -0.647. The molecule has 3 rings (SSSR count). The van der Waals surface area contributed by atoms with Crippen LogP contribution in [0.15, 0.2) is 79.4 Å². The van der Waals surface area contributed by atoms with E-state index >= 15 is 0 Å². The molecule has 0 nitrogen and oxygen atoms in total. The molecule has 2 aliphatic rings. The number of hydrogen-bond acceptors (Lipinski definition) is 0. The zero-order chi connectivity index (χ0) is 11.8. The molecule has 0 radical (unpaired) electrons. The fourth-order valence-electron chi connectivity index (χ4n) is 1.67. The van der Waals surface area contributed by atoms with Gasteiger partial charge in [0.25, 0.3) is 0 Å².